The maximum atomic E-state index is 8.56. The highest BCUT2D eigenvalue weighted by atomic mass is 16.5. The molecule has 15 heavy (non-hydrogen) atoms. The Morgan fingerprint density at radius 1 is 1.73 bits per heavy atom. The molecule has 1 aliphatic heterocycles. The van der Waals surface area contributed by atoms with Gasteiger partial charge in [-0.05, 0) is 20.4 Å². The second-order valence-electron chi connectivity index (χ2n) is 4.30. The molecule has 1 saturated heterocycles. The molecule has 3 atom stereocenters. The van der Waals surface area contributed by atoms with Crippen molar-refractivity contribution in [1.82, 2.24) is 4.90 Å². The topological polar surface area (TPSA) is 71.1 Å². The first kappa shape index (κ1) is 12.3. The van der Waals surface area contributed by atoms with E-state index < -0.39 is 0 Å². The second kappa shape index (κ2) is 5.32. The number of hydrogen-bond donors (Lipinski definition) is 2. The monoisotopic (exact) mass is 215 g/mol. The molecule has 0 saturated carbocycles. The second-order valence-corrected chi connectivity index (χ2v) is 4.30. The summed E-state index contributed by atoms with van der Waals surface area (Å²) in [5.74, 6) is 0.348. The number of hydrogen-bond acceptors (Lipinski definition) is 4. The van der Waals surface area contributed by atoms with Gasteiger partial charge in [0.25, 0.3) is 0 Å². The molecule has 1 aliphatic rings. The molecule has 5 nitrogen and oxygen atoms in total. The standard InChI is InChI=1S/C10H21N3O2/c1-7(10(11)12-14)6-13(3)9-4-5-15-8(9)2/h7-9,14H,4-6H2,1-3H3,(H2,11,12). The van der Waals surface area contributed by atoms with Gasteiger partial charge in [-0.3, -0.25) is 0 Å². The van der Waals surface area contributed by atoms with Crippen LogP contribution in [-0.4, -0.2) is 48.3 Å². The average molecular weight is 215 g/mol. The highest BCUT2D eigenvalue weighted by Gasteiger charge is 2.28. The van der Waals surface area contributed by atoms with Crippen LogP contribution >= 0.6 is 0 Å². The molecule has 0 aromatic rings. The Hall–Kier alpha value is -0.810. The number of nitrogens with zero attached hydrogens (tertiary/aromatic N) is 2. The molecule has 1 rings (SSSR count). The van der Waals surface area contributed by atoms with E-state index in [1.807, 2.05) is 6.92 Å². The number of ether oxygens (including phenoxy) is 1. The molecule has 1 heterocycles. The maximum absolute atomic E-state index is 8.56. The first-order chi connectivity index (χ1) is 7.06. The van der Waals surface area contributed by atoms with Crippen LogP contribution < -0.4 is 5.73 Å². The van der Waals surface area contributed by atoms with Crippen molar-refractivity contribution in [2.24, 2.45) is 16.8 Å². The smallest absolute Gasteiger partial charge is 0.143 e. The van der Waals surface area contributed by atoms with Gasteiger partial charge in [0, 0.05) is 25.1 Å². The van der Waals surface area contributed by atoms with Crippen LogP contribution in [0.2, 0.25) is 0 Å². The van der Waals surface area contributed by atoms with Crippen LogP contribution in [0.5, 0.6) is 0 Å². The third-order valence-corrected chi connectivity index (χ3v) is 3.08. The van der Waals surface area contributed by atoms with Crippen molar-refractivity contribution < 1.29 is 9.94 Å². The highest BCUT2D eigenvalue weighted by Crippen LogP contribution is 2.18. The van der Waals surface area contributed by atoms with Gasteiger partial charge in [-0.25, -0.2) is 0 Å². The van der Waals surface area contributed by atoms with Crippen LogP contribution in [0.1, 0.15) is 20.3 Å². The van der Waals surface area contributed by atoms with Crippen molar-refractivity contribution in [3.63, 3.8) is 0 Å². The van der Waals surface area contributed by atoms with E-state index in [0.29, 0.717) is 6.04 Å². The molecular formula is C10H21N3O2. The summed E-state index contributed by atoms with van der Waals surface area (Å²) in [4.78, 5) is 2.22. The van der Waals surface area contributed by atoms with E-state index in [-0.39, 0.29) is 17.9 Å². The summed E-state index contributed by atoms with van der Waals surface area (Å²) >= 11 is 0. The normalized spacial score (nSPS) is 29.7. The van der Waals surface area contributed by atoms with Gasteiger partial charge >= 0.3 is 0 Å². The van der Waals surface area contributed by atoms with E-state index in [2.05, 4.69) is 24.0 Å². The molecule has 88 valence electrons. The molecule has 0 radical (unpaired) electrons. The lowest BCUT2D eigenvalue weighted by molar-refractivity contribution is 0.0816. The molecule has 0 aromatic heterocycles. The number of likely N-dealkylation sites (N-methyl/N-ethyl adjacent to an activating group) is 1. The van der Waals surface area contributed by atoms with Crippen molar-refractivity contribution in [3.05, 3.63) is 0 Å². The number of rotatable bonds is 4. The largest absolute Gasteiger partial charge is 0.409 e. The SMILES string of the molecule is CC(CN(C)C1CCOC1C)C(N)=NO. The van der Waals surface area contributed by atoms with Gasteiger partial charge in [-0.15, -0.1) is 0 Å². The van der Waals surface area contributed by atoms with Gasteiger partial charge in [-0.1, -0.05) is 12.1 Å². The summed E-state index contributed by atoms with van der Waals surface area (Å²) in [6, 6.07) is 0.443. The van der Waals surface area contributed by atoms with Gasteiger partial charge < -0.3 is 20.6 Å². The Balaban J connectivity index is 2.44. The predicted molar refractivity (Wildman–Crippen MR) is 59.0 cm³/mol. The minimum atomic E-state index is 0.0628. The Morgan fingerprint density at radius 2 is 2.40 bits per heavy atom. The molecular weight excluding hydrogens is 194 g/mol. The first-order valence-electron chi connectivity index (χ1n) is 5.35. The Bertz CT molecular complexity index is 233. The Morgan fingerprint density at radius 3 is 2.87 bits per heavy atom. The molecule has 0 aromatic carbocycles. The van der Waals surface area contributed by atoms with Crippen LogP contribution in [0, 0.1) is 5.92 Å². The Labute approximate surface area is 90.9 Å². The number of oxime groups is 1. The van der Waals surface area contributed by atoms with Gasteiger partial charge in [0.15, 0.2) is 0 Å². The van der Waals surface area contributed by atoms with Crippen molar-refractivity contribution >= 4 is 5.84 Å². The zero-order valence-corrected chi connectivity index (χ0v) is 9.68. The van der Waals surface area contributed by atoms with Gasteiger partial charge in [0.2, 0.25) is 0 Å². The molecule has 1 fully saturated rings. The lowest BCUT2D eigenvalue weighted by Gasteiger charge is -2.28. The van der Waals surface area contributed by atoms with Crippen molar-refractivity contribution in [3.8, 4) is 0 Å². The minimum absolute atomic E-state index is 0.0628. The lowest BCUT2D eigenvalue weighted by atomic mass is 10.1. The fourth-order valence-corrected chi connectivity index (χ4v) is 2.06. The van der Waals surface area contributed by atoms with E-state index in [4.69, 9.17) is 15.7 Å². The molecule has 3 N–H and O–H groups in total. The van der Waals surface area contributed by atoms with Crippen LogP contribution in [0.15, 0.2) is 5.16 Å². The molecule has 0 aliphatic carbocycles. The minimum Gasteiger partial charge on any atom is -0.409 e. The van der Waals surface area contributed by atoms with E-state index in [0.717, 1.165) is 19.6 Å². The summed E-state index contributed by atoms with van der Waals surface area (Å²) in [6.07, 6.45) is 1.33. The third kappa shape index (κ3) is 3.07. The maximum Gasteiger partial charge on any atom is 0.143 e. The molecule has 5 heteroatoms. The van der Waals surface area contributed by atoms with Crippen molar-refractivity contribution in [2.45, 2.75) is 32.4 Å². The number of amidine groups is 1. The van der Waals surface area contributed by atoms with Gasteiger partial charge in [-0.2, -0.15) is 0 Å². The van der Waals surface area contributed by atoms with Crippen LogP contribution in [0.4, 0.5) is 0 Å². The third-order valence-electron chi connectivity index (χ3n) is 3.08. The van der Waals surface area contributed by atoms with Crippen LogP contribution in [0.3, 0.4) is 0 Å². The van der Waals surface area contributed by atoms with E-state index in [9.17, 15) is 0 Å². The zero-order valence-electron chi connectivity index (χ0n) is 9.68. The van der Waals surface area contributed by atoms with Gasteiger partial charge in [0.05, 0.1) is 6.10 Å². The summed E-state index contributed by atoms with van der Waals surface area (Å²) in [5.41, 5.74) is 5.54. The molecule has 0 bridgehead atoms. The van der Waals surface area contributed by atoms with Crippen LogP contribution in [0.25, 0.3) is 0 Å². The van der Waals surface area contributed by atoms with E-state index >= 15 is 0 Å². The molecule has 0 amide bonds. The Kier molecular flexibility index (Phi) is 4.35. The molecule has 3 unspecified atom stereocenters. The summed E-state index contributed by atoms with van der Waals surface area (Å²) < 4.78 is 5.50. The fraction of sp³-hybridized carbons (Fsp3) is 0.900. The van der Waals surface area contributed by atoms with Crippen molar-refractivity contribution in [2.75, 3.05) is 20.2 Å². The van der Waals surface area contributed by atoms with Crippen molar-refractivity contribution in [1.29, 1.82) is 0 Å². The van der Waals surface area contributed by atoms with E-state index in [1.165, 1.54) is 0 Å². The summed E-state index contributed by atoms with van der Waals surface area (Å²) in [6.45, 7) is 5.65. The zero-order chi connectivity index (χ0) is 11.4. The van der Waals surface area contributed by atoms with Gasteiger partial charge in [0.1, 0.15) is 5.84 Å². The van der Waals surface area contributed by atoms with E-state index in [1.54, 1.807) is 0 Å². The quantitative estimate of drug-likeness (QED) is 0.310. The predicted octanol–water partition coefficient (Wildman–Crippen LogP) is 0.478. The fourth-order valence-electron chi connectivity index (χ4n) is 2.06. The lowest BCUT2D eigenvalue weighted by Crippen LogP contribution is -2.41. The van der Waals surface area contributed by atoms with Crippen LogP contribution in [-0.2, 0) is 4.74 Å². The highest BCUT2D eigenvalue weighted by molar-refractivity contribution is 5.82. The summed E-state index contributed by atoms with van der Waals surface area (Å²) in [7, 11) is 2.05. The first-order valence-corrected chi connectivity index (χ1v) is 5.35. The average Bonchev–Trinajstić information content (AvgIpc) is 2.63. The molecule has 0 spiro atoms. The summed E-state index contributed by atoms with van der Waals surface area (Å²) in [5, 5.41) is 11.6. The number of nitrogens with two attached hydrogens (primary N) is 1.